The van der Waals surface area contributed by atoms with E-state index < -0.39 is 5.54 Å². The van der Waals surface area contributed by atoms with E-state index in [2.05, 4.69) is 10.6 Å². The smallest absolute Gasteiger partial charge is 0.273 e. The number of aromatic nitrogens is 1. The number of hydrogen-bond acceptors (Lipinski definition) is 4. The molecule has 2 N–H and O–H groups in total. The van der Waals surface area contributed by atoms with Gasteiger partial charge in [0.2, 0.25) is 11.8 Å². The van der Waals surface area contributed by atoms with Crippen LogP contribution in [0.25, 0.3) is 10.9 Å². The minimum atomic E-state index is -1.04. The maximum atomic E-state index is 13.9. The number of carbonyl (C=O) groups excluding carboxylic acids is 3. The molecule has 1 aromatic carbocycles. The normalized spacial score (nSPS) is 21.2. The molecule has 2 aliphatic rings. The molecule has 1 aliphatic heterocycles. The van der Waals surface area contributed by atoms with Gasteiger partial charge in [-0.3, -0.25) is 14.4 Å². The quantitative estimate of drug-likeness (QED) is 0.625. The second-order valence-corrected chi connectivity index (χ2v) is 9.77. The Balaban J connectivity index is 1.80. The van der Waals surface area contributed by atoms with E-state index in [9.17, 15) is 14.4 Å². The van der Waals surface area contributed by atoms with Crippen molar-refractivity contribution in [2.24, 2.45) is 0 Å². The average molecular weight is 469 g/mol. The minimum Gasteiger partial charge on any atom is -0.497 e. The average Bonchev–Trinajstić information content (AvgIpc) is 2.95. The summed E-state index contributed by atoms with van der Waals surface area (Å²) < 4.78 is 7.28. The zero-order chi connectivity index (χ0) is 24.5. The van der Waals surface area contributed by atoms with E-state index in [1.165, 1.54) is 19.8 Å². The largest absolute Gasteiger partial charge is 0.497 e. The molecule has 0 spiro atoms. The van der Waals surface area contributed by atoms with Gasteiger partial charge in [0.15, 0.2) is 0 Å². The third kappa shape index (κ3) is 4.26. The number of anilines is 1. The molecule has 2 heterocycles. The van der Waals surface area contributed by atoms with Crippen LogP contribution in [0.3, 0.4) is 0 Å². The van der Waals surface area contributed by atoms with Gasteiger partial charge in [-0.05, 0) is 44.4 Å². The highest BCUT2D eigenvalue weighted by Gasteiger charge is 2.49. The lowest BCUT2D eigenvalue weighted by Crippen LogP contribution is -2.65. The zero-order valence-electron chi connectivity index (χ0n) is 20.7. The number of hydrogen-bond donors (Lipinski definition) is 2. The van der Waals surface area contributed by atoms with Crippen molar-refractivity contribution in [3.63, 3.8) is 0 Å². The Morgan fingerprint density at radius 1 is 1.18 bits per heavy atom. The van der Waals surface area contributed by atoms with Crippen molar-refractivity contribution in [2.75, 3.05) is 19.0 Å². The molecule has 8 heteroatoms. The van der Waals surface area contributed by atoms with Gasteiger partial charge in [0, 0.05) is 24.9 Å². The Bertz CT molecular complexity index is 1100. The minimum absolute atomic E-state index is 0.108. The number of benzene rings is 1. The van der Waals surface area contributed by atoms with Gasteiger partial charge < -0.3 is 24.8 Å². The molecule has 1 fully saturated rings. The molecule has 184 valence electrons. The van der Waals surface area contributed by atoms with Crippen molar-refractivity contribution in [3.05, 3.63) is 23.9 Å². The monoisotopic (exact) mass is 468 g/mol. The number of carbonyl (C=O) groups is 3. The molecule has 1 aromatic heterocycles. The summed E-state index contributed by atoms with van der Waals surface area (Å²) in [7, 11) is 1.58. The summed E-state index contributed by atoms with van der Waals surface area (Å²) in [5, 5.41) is 6.87. The van der Waals surface area contributed by atoms with Crippen LogP contribution in [0, 0.1) is 0 Å². The van der Waals surface area contributed by atoms with Crippen LogP contribution in [-0.4, -0.2) is 52.4 Å². The highest BCUT2D eigenvalue weighted by Crippen LogP contribution is 2.40. The fourth-order valence-corrected chi connectivity index (χ4v) is 5.43. The van der Waals surface area contributed by atoms with Gasteiger partial charge in [-0.15, -0.1) is 0 Å². The Kier molecular flexibility index (Phi) is 6.86. The first kappa shape index (κ1) is 24.1. The van der Waals surface area contributed by atoms with Gasteiger partial charge in [0.1, 0.15) is 17.0 Å². The van der Waals surface area contributed by atoms with E-state index in [0.29, 0.717) is 30.2 Å². The Morgan fingerprint density at radius 2 is 1.88 bits per heavy atom. The van der Waals surface area contributed by atoms with Crippen LogP contribution in [-0.2, 0) is 16.1 Å². The Labute approximate surface area is 201 Å². The van der Waals surface area contributed by atoms with Crippen LogP contribution in [0.1, 0.15) is 76.2 Å². The topological polar surface area (TPSA) is 92.7 Å². The summed E-state index contributed by atoms with van der Waals surface area (Å²) in [5.41, 5.74) is 0.633. The van der Waals surface area contributed by atoms with Crippen LogP contribution in [0.4, 0.5) is 5.69 Å². The first-order valence-corrected chi connectivity index (χ1v) is 12.4. The Morgan fingerprint density at radius 3 is 2.50 bits per heavy atom. The van der Waals surface area contributed by atoms with Crippen molar-refractivity contribution in [2.45, 2.75) is 83.8 Å². The lowest BCUT2D eigenvalue weighted by Gasteiger charge is -2.44. The molecule has 8 nitrogen and oxygen atoms in total. The summed E-state index contributed by atoms with van der Waals surface area (Å²) in [6.07, 6.45) is 7.33. The molecular formula is C26H36N4O4. The molecule has 0 radical (unpaired) electrons. The molecule has 4 rings (SSSR count). The van der Waals surface area contributed by atoms with Gasteiger partial charge in [-0.25, -0.2) is 0 Å². The third-order valence-corrected chi connectivity index (χ3v) is 7.21. The molecular weight excluding hydrogens is 432 g/mol. The van der Waals surface area contributed by atoms with Crippen molar-refractivity contribution >= 4 is 34.3 Å². The number of methoxy groups -OCH3 is 1. The van der Waals surface area contributed by atoms with Crippen LogP contribution in [0.15, 0.2) is 18.2 Å². The second kappa shape index (κ2) is 9.68. The standard InChI is InChI=1S/C26H36N4O4/c1-5-14-30-24(32)23-22(27-17(2)31)20-15-19(34-4)12-13-21(20)29(23)16-26(30,3)25(33)28-18-10-8-6-7-9-11-18/h12-13,15,18H,5-11,14,16H2,1-4H3,(H,27,31)(H,28,33). The van der Waals surface area contributed by atoms with Gasteiger partial charge >= 0.3 is 0 Å². The summed E-state index contributed by atoms with van der Waals surface area (Å²) in [5.74, 6) is 0.0232. The number of nitrogens with one attached hydrogen (secondary N) is 2. The lowest BCUT2D eigenvalue weighted by molar-refractivity contribution is -0.133. The van der Waals surface area contributed by atoms with E-state index in [4.69, 9.17) is 4.74 Å². The van der Waals surface area contributed by atoms with Gasteiger partial charge in [0.25, 0.3) is 5.91 Å². The van der Waals surface area contributed by atoms with Crippen LogP contribution >= 0.6 is 0 Å². The Hall–Kier alpha value is -3.03. The number of fused-ring (bicyclic) bond motifs is 3. The first-order chi connectivity index (χ1) is 16.3. The maximum Gasteiger partial charge on any atom is 0.273 e. The van der Waals surface area contributed by atoms with Gasteiger partial charge in [-0.1, -0.05) is 32.6 Å². The van der Waals surface area contributed by atoms with E-state index in [1.807, 2.05) is 36.6 Å². The van der Waals surface area contributed by atoms with Crippen LogP contribution in [0.5, 0.6) is 5.75 Å². The van der Waals surface area contributed by atoms with Crippen molar-refractivity contribution < 1.29 is 19.1 Å². The fraction of sp³-hybridized carbons (Fsp3) is 0.577. The van der Waals surface area contributed by atoms with Gasteiger partial charge in [-0.2, -0.15) is 0 Å². The lowest BCUT2D eigenvalue weighted by atomic mass is 9.93. The van der Waals surface area contributed by atoms with Crippen molar-refractivity contribution in [1.82, 2.24) is 14.8 Å². The molecule has 2 aromatic rings. The molecule has 0 bridgehead atoms. The number of nitrogens with zero attached hydrogens (tertiary/aromatic N) is 2. The maximum absolute atomic E-state index is 13.9. The van der Waals surface area contributed by atoms with E-state index in [1.54, 1.807) is 12.0 Å². The van der Waals surface area contributed by atoms with Gasteiger partial charge in [0.05, 0.1) is 24.9 Å². The third-order valence-electron chi connectivity index (χ3n) is 7.21. The highest BCUT2D eigenvalue weighted by atomic mass is 16.5. The van der Waals surface area contributed by atoms with Crippen molar-refractivity contribution in [3.8, 4) is 5.75 Å². The highest BCUT2D eigenvalue weighted by molar-refractivity contribution is 6.14. The first-order valence-electron chi connectivity index (χ1n) is 12.4. The predicted octanol–water partition coefficient (Wildman–Crippen LogP) is 4.07. The molecule has 1 saturated carbocycles. The SMILES string of the molecule is CCCN1C(=O)c2c(NC(C)=O)c3cc(OC)ccc3n2CC1(C)C(=O)NC1CCCCCC1. The van der Waals surface area contributed by atoms with Crippen LogP contribution in [0.2, 0.25) is 0 Å². The summed E-state index contributed by atoms with van der Waals surface area (Å²) >= 11 is 0. The molecule has 3 amide bonds. The predicted molar refractivity (Wildman–Crippen MR) is 132 cm³/mol. The fourth-order valence-electron chi connectivity index (χ4n) is 5.43. The molecule has 34 heavy (non-hydrogen) atoms. The molecule has 1 unspecified atom stereocenters. The van der Waals surface area contributed by atoms with E-state index in [0.717, 1.165) is 43.0 Å². The summed E-state index contributed by atoms with van der Waals surface area (Å²) in [4.78, 5) is 41.4. The molecule has 1 atom stereocenters. The number of rotatable bonds is 6. The summed E-state index contributed by atoms with van der Waals surface area (Å²) in [6, 6.07) is 5.69. The van der Waals surface area contributed by atoms with E-state index >= 15 is 0 Å². The van der Waals surface area contributed by atoms with Crippen molar-refractivity contribution in [1.29, 1.82) is 0 Å². The molecule has 0 saturated heterocycles. The second-order valence-electron chi connectivity index (χ2n) is 9.77. The zero-order valence-corrected chi connectivity index (χ0v) is 20.7. The summed E-state index contributed by atoms with van der Waals surface area (Å²) in [6.45, 7) is 6.06. The molecule has 1 aliphatic carbocycles. The van der Waals surface area contributed by atoms with E-state index in [-0.39, 0.29) is 23.8 Å². The number of amides is 3. The number of ether oxygens (including phenoxy) is 1. The van der Waals surface area contributed by atoms with Crippen LogP contribution < -0.4 is 15.4 Å².